The molecule has 0 saturated carbocycles. The molecule has 1 N–H and O–H groups in total. The molecule has 0 radical (unpaired) electrons. The second kappa shape index (κ2) is 14.2. The molecule has 4 aromatic carbocycles. The largest absolute Gasteiger partial charge is 0.507 e. The van der Waals surface area contributed by atoms with Crippen molar-refractivity contribution in [3.05, 3.63) is 100 Å². The highest BCUT2D eigenvalue weighted by Crippen LogP contribution is 2.58. The van der Waals surface area contributed by atoms with Crippen LogP contribution in [0.4, 0.5) is 0 Å². The van der Waals surface area contributed by atoms with E-state index in [1.54, 1.807) is 14.2 Å². The number of hydrogen-bond donors (Lipinski definition) is 1. The van der Waals surface area contributed by atoms with Crippen LogP contribution in [0.25, 0.3) is 0 Å². The van der Waals surface area contributed by atoms with Crippen LogP contribution in [0, 0.1) is 25.2 Å². The van der Waals surface area contributed by atoms with Gasteiger partial charge in [-0.25, -0.2) is 0 Å². The fourth-order valence-electron chi connectivity index (χ4n) is 10.2. The highest BCUT2D eigenvalue weighted by molar-refractivity contribution is 6.99. The van der Waals surface area contributed by atoms with E-state index < -0.39 is 20.4 Å². The minimum atomic E-state index is -3.04. The maximum absolute atomic E-state index is 12.1. The zero-order chi connectivity index (χ0) is 38.8. The number of nitriles is 1. The maximum Gasteiger partial charge on any atom is 0.261 e. The van der Waals surface area contributed by atoms with Crippen molar-refractivity contribution < 1.29 is 33.2 Å². The predicted molar refractivity (Wildman–Crippen MR) is 212 cm³/mol. The second-order valence-electron chi connectivity index (χ2n) is 16.3. The molecule has 1 fully saturated rings. The van der Waals surface area contributed by atoms with Gasteiger partial charge in [0, 0.05) is 41.4 Å². The van der Waals surface area contributed by atoms with Crippen LogP contribution >= 0.6 is 0 Å². The van der Waals surface area contributed by atoms with Gasteiger partial charge in [-0.05, 0) is 60.3 Å². The molecular formula is C44H51N3O7Si. The molecule has 4 aromatic rings. The summed E-state index contributed by atoms with van der Waals surface area (Å²) in [5, 5.41) is 25.4. The van der Waals surface area contributed by atoms with Crippen molar-refractivity contribution in [3.63, 3.8) is 0 Å². The molecule has 0 aliphatic carbocycles. The van der Waals surface area contributed by atoms with E-state index in [0.29, 0.717) is 41.4 Å². The molecule has 4 aliphatic heterocycles. The Morgan fingerprint density at radius 3 is 2.16 bits per heavy atom. The van der Waals surface area contributed by atoms with E-state index in [9.17, 15) is 10.4 Å². The van der Waals surface area contributed by atoms with E-state index in [0.717, 1.165) is 27.8 Å². The van der Waals surface area contributed by atoms with Crippen LogP contribution in [-0.2, 0) is 22.0 Å². The summed E-state index contributed by atoms with van der Waals surface area (Å²) in [5.41, 5.74) is 5.41. The van der Waals surface area contributed by atoms with E-state index in [1.807, 2.05) is 26.0 Å². The lowest BCUT2D eigenvalue weighted by molar-refractivity contribution is -0.0819. The summed E-state index contributed by atoms with van der Waals surface area (Å²) in [6, 6.07) is 24.6. The number of phenolic OH excluding ortho intramolecular Hbond substituents is 1. The number of phenols is 1. The van der Waals surface area contributed by atoms with Gasteiger partial charge in [-0.15, -0.1) is 0 Å². The van der Waals surface area contributed by atoms with Gasteiger partial charge >= 0.3 is 0 Å². The van der Waals surface area contributed by atoms with Gasteiger partial charge in [-0.2, -0.15) is 5.26 Å². The van der Waals surface area contributed by atoms with E-state index >= 15 is 0 Å². The number of likely N-dealkylation sites (N-methyl/N-ethyl adjacent to an activating group) is 1. The summed E-state index contributed by atoms with van der Waals surface area (Å²) >= 11 is 0. The van der Waals surface area contributed by atoms with Gasteiger partial charge in [0.25, 0.3) is 8.32 Å². The predicted octanol–water partition coefficient (Wildman–Crippen LogP) is 6.08. The Kier molecular flexibility index (Phi) is 9.63. The Morgan fingerprint density at radius 1 is 0.909 bits per heavy atom. The number of methoxy groups -OCH3 is 2. The van der Waals surface area contributed by atoms with Crippen LogP contribution in [0.5, 0.6) is 28.7 Å². The topological polar surface area (TPSA) is 106 Å². The van der Waals surface area contributed by atoms with Crippen molar-refractivity contribution in [2.45, 2.75) is 82.7 Å². The quantitative estimate of drug-likeness (QED) is 0.160. The second-order valence-corrected chi connectivity index (χ2v) is 20.6. The minimum Gasteiger partial charge on any atom is -0.507 e. The van der Waals surface area contributed by atoms with E-state index in [4.69, 9.17) is 28.1 Å². The zero-order valence-electron chi connectivity index (χ0n) is 33.0. The van der Waals surface area contributed by atoms with Crippen LogP contribution < -0.4 is 29.3 Å². The van der Waals surface area contributed by atoms with Crippen LogP contribution in [0.1, 0.15) is 66.2 Å². The molecule has 0 aromatic heterocycles. The van der Waals surface area contributed by atoms with Gasteiger partial charge in [0.05, 0.1) is 31.9 Å². The van der Waals surface area contributed by atoms with Gasteiger partial charge in [-0.1, -0.05) is 87.5 Å². The molecule has 0 amide bonds. The lowest BCUT2D eigenvalue weighted by Crippen LogP contribution is -2.70. The normalized spacial score (nSPS) is 23.0. The minimum absolute atomic E-state index is 0.0557. The Balaban J connectivity index is 1.36. The Bertz CT molecular complexity index is 2090. The number of benzene rings is 4. The van der Waals surface area contributed by atoms with Gasteiger partial charge in [-0.3, -0.25) is 9.80 Å². The molecule has 55 heavy (non-hydrogen) atoms. The molecule has 0 spiro atoms. The van der Waals surface area contributed by atoms with Crippen molar-refractivity contribution in [1.82, 2.24) is 9.80 Å². The molecule has 10 nitrogen and oxygen atoms in total. The number of piperazine rings is 1. The fourth-order valence-corrected chi connectivity index (χ4v) is 14.8. The molecule has 11 heteroatoms. The third-order valence-electron chi connectivity index (χ3n) is 12.5. The molecule has 288 valence electrons. The van der Waals surface area contributed by atoms with Crippen LogP contribution in [-0.4, -0.2) is 82.8 Å². The van der Waals surface area contributed by atoms with Gasteiger partial charge < -0.3 is 33.2 Å². The standard InChI is InChI=1S/C44H51N3O7Si/c1-26-19-28-20-32-34(22-45)47-33(38(46(32)6)36(28)42(40(26)50-8)51-24-49-7)21-31-37(43-41(52-25-53-43)27(2)39(31)48)35(47)23-54-55(44(3,4)5,29-15-11-9-12-16-29)30-17-13-10-14-18-30/h9-19,32-35,38,48H,20-21,23-25H2,1-8H3/t32?,33-,34-,35-,38?/m0/s1. The monoisotopic (exact) mass is 761 g/mol. The molecule has 2 bridgehead atoms. The number of nitrogens with zero attached hydrogens (tertiary/aromatic N) is 3. The van der Waals surface area contributed by atoms with Gasteiger partial charge in [0.1, 0.15) is 11.8 Å². The maximum atomic E-state index is 12.1. The van der Waals surface area contributed by atoms with Crippen molar-refractivity contribution >= 4 is 18.7 Å². The molecule has 4 aliphatic rings. The number of hydrogen-bond acceptors (Lipinski definition) is 10. The summed E-state index contributed by atoms with van der Waals surface area (Å²) in [6.45, 7) is 11.1. The van der Waals surface area contributed by atoms with Crippen LogP contribution in [0.15, 0.2) is 66.7 Å². The summed E-state index contributed by atoms with van der Waals surface area (Å²) < 4.78 is 37.9. The lowest BCUT2D eigenvalue weighted by Gasteiger charge is -2.60. The summed E-state index contributed by atoms with van der Waals surface area (Å²) in [5.74, 6) is 2.70. The molecule has 1 saturated heterocycles. The Labute approximate surface area is 325 Å². The molecule has 8 rings (SSSR count). The molecule has 2 unspecified atom stereocenters. The molecule has 5 atom stereocenters. The Morgan fingerprint density at radius 2 is 1.56 bits per heavy atom. The smallest absolute Gasteiger partial charge is 0.261 e. The van der Waals surface area contributed by atoms with Crippen molar-refractivity contribution in [2.24, 2.45) is 0 Å². The SMILES string of the molecule is COCOc1c(OC)c(C)cc2c1C1[C@@H]3Cc4c(O)c(C)c5c(c4[C@H](CO[Si](c4ccccc4)(c4ccccc4)C(C)(C)C)N3[C@@H](C#N)C(C2)N1C)OCO5. The lowest BCUT2D eigenvalue weighted by atomic mass is 9.71. The first-order valence-electron chi connectivity index (χ1n) is 19.1. The third kappa shape index (κ3) is 5.64. The number of fused-ring (bicyclic) bond motifs is 9. The Hall–Kier alpha value is -4.57. The highest BCUT2D eigenvalue weighted by atomic mass is 28.4. The third-order valence-corrected chi connectivity index (χ3v) is 17.5. The average Bonchev–Trinajstić information content (AvgIpc) is 3.67. The fraction of sp³-hybridized carbons (Fsp3) is 0.432. The van der Waals surface area contributed by atoms with Gasteiger partial charge in [0.15, 0.2) is 29.8 Å². The number of aryl methyl sites for hydroxylation is 1. The van der Waals surface area contributed by atoms with Crippen molar-refractivity contribution in [1.29, 1.82) is 5.26 Å². The number of ether oxygens (including phenoxy) is 5. The number of rotatable bonds is 9. The van der Waals surface area contributed by atoms with Crippen molar-refractivity contribution in [3.8, 4) is 34.8 Å². The first kappa shape index (κ1) is 37.4. The molecule has 4 heterocycles. The van der Waals surface area contributed by atoms with Crippen molar-refractivity contribution in [2.75, 3.05) is 41.5 Å². The summed E-state index contributed by atoms with van der Waals surface area (Å²) in [4.78, 5) is 4.72. The number of aromatic hydroxyl groups is 1. The van der Waals surface area contributed by atoms with Crippen LogP contribution in [0.3, 0.4) is 0 Å². The zero-order valence-corrected chi connectivity index (χ0v) is 34.0. The van der Waals surface area contributed by atoms with E-state index in [-0.39, 0.29) is 49.1 Å². The van der Waals surface area contributed by atoms with Crippen LogP contribution in [0.2, 0.25) is 5.04 Å². The van der Waals surface area contributed by atoms with E-state index in [2.05, 4.69) is 98.3 Å². The highest BCUT2D eigenvalue weighted by Gasteiger charge is 2.58. The first-order chi connectivity index (χ1) is 26.5. The summed E-state index contributed by atoms with van der Waals surface area (Å²) in [6.07, 6.45) is 1.11. The average molecular weight is 762 g/mol. The summed E-state index contributed by atoms with van der Waals surface area (Å²) in [7, 11) is 2.35. The molecular weight excluding hydrogens is 711 g/mol. The van der Waals surface area contributed by atoms with Gasteiger partial charge in [0.2, 0.25) is 6.79 Å². The first-order valence-corrected chi connectivity index (χ1v) is 21.0. The van der Waals surface area contributed by atoms with E-state index in [1.165, 1.54) is 10.4 Å².